The molecule has 5 unspecified atom stereocenters. The van der Waals surface area contributed by atoms with Gasteiger partial charge in [-0.1, -0.05) is 0 Å². The molecule has 0 bridgehead atoms. The topological polar surface area (TPSA) is 157 Å². The van der Waals surface area contributed by atoms with E-state index in [1.54, 1.807) is 24.3 Å². The molecular weight excluding hydrogens is 308 g/mol. The molecule has 1 aromatic carbocycles. The third kappa shape index (κ3) is 4.30. The Labute approximate surface area is 132 Å². The number of hydrogen-bond donors (Lipinski definition) is 5. The molecule has 0 radical (unpaired) electrons. The lowest BCUT2D eigenvalue weighted by atomic mass is 9.99. The van der Waals surface area contributed by atoms with E-state index >= 15 is 0 Å². The van der Waals surface area contributed by atoms with Crippen LogP contribution in [0.1, 0.15) is 0 Å². The summed E-state index contributed by atoms with van der Waals surface area (Å²) in [4.78, 5) is 10.8. The normalized spacial score (nSPS) is 30.8. The lowest BCUT2D eigenvalue weighted by molar-refractivity contribution is -0.284. The number of aliphatic hydroxyl groups excluding tert-OH is 3. The number of aliphatic hydroxyl groups is 3. The van der Waals surface area contributed by atoms with E-state index in [0.29, 0.717) is 11.4 Å². The highest BCUT2D eigenvalue weighted by Gasteiger charge is 2.46. The molecule has 0 spiro atoms. The van der Waals surface area contributed by atoms with Crippen LogP contribution in [0.4, 0.5) is 5.69 Å². The van der Waals surface area contributed by atoms with Gasteiger partial charge in [0.25, 0.3) is 0 Å². The Morgan fingerprint density at radius 1 is 1.22 bits per heavy atom. The van der Waals surface area contributed by atoms with Gasteiger partial charge in [0.15, 0.2) is 0 Å². The minimum Gasteiger partial charge on any atom is -0.462 e. The van der Waals surface area contributed by atoms with Crippen LogP contribution in [0.5, 0.6) is 5.75 Å². The number of carbonyl (C=O) groups excluding carboxylic acids is 1. The summed E-state index contributed by atoms with van der Waals surface area (Å²) in [5.74, 6) is -0.391. The maximum atomic E-state index is 10.8. The Hall–Kier alpha value is -1.91. The Balaban J connectivity index is 2.11. The molecule has 7 N–H and O–H groups in total. The molecule has 0 aromatic heterocycles. The van der Waals surface area contributed by atoms with Gasteiger partial charge in [-0.2, -0.15) is 0 Å². The second kappa shape index (κ2) is 7.57. The Kier molecular flexibility index (Phi) is 5.74. The second-order valence-electron chi connectivity index (χ2n) is 5.14. The molecule has 9 nitrogen and oxygen atoms in total. The van der Waals surface area contributed by atoms with Gasteiger partial charge in [-0.3, -0.25) is 4.79 Å². The van der Waals surface area contributed by atoms with Gasteiger partial charge in [0.05, 0.1) is 6.61 Å². The number of anilines is 1. The van der Waals surface area contributed by atoms with Crippen molar-refractivity contribution in [3.05, 3.63) is 24.3 Å². The predicted molar refractivity (Wildman–Crippen MR) is 78.2 cm³/mol. The van der Waals surface area contributed by atoms with Crippen molar-refractivity contribution in [1.82, 2.24) is 0 Å². The molecule has 128 valence electrons. The number of benzene rings is 1. The lowest BCUT2D eigenvalue weighted by Gasteiger charge is -2.41. The van der Waals surface area contributed by atoms with E-state index in [2.05, 4.69) is 0 Å². The van der Waals surface area contributed by atoms with Crippen LogP contribution in [0.2, 0.25) is 0 Å². The lowest BCUT2D eigenvalue weighted by Crippen LogP contribution is -2.61. The maximum absolute atomic E-state index is 10.8. The fraction of sp³-hybridized carbons (Fsp3) is 0.500. The van der Waals surface area contributed by atoms with Crippen molar-refractivity contribution in [2.75, 3.05) is 18.9 Å². The van der Waals surface area contributed by atoms with Gasteiger partial charge in [-0.25, -0.2) is 0 Å². The third-order valence-electron chi connectivity index (χ3n) is 3.37. The zero-order chi connectivity index (χ0) is 17.0. The number of primary amides is 1. The average Bonchev–Trinajstić information content (AvgIpc) is 2.51. The zero-order valence-electron chi connectivity index (χ0n) is 12.2. The van der Waals surface area contributed by atoms with Crippen molar-refractivity contribution in [1.29, 1.82) is 0 Å². The van der Waals surface area contributed by atoms with Crippen molar-refractivity contribution in [2.24, 2.45) is 5.73 Å². The average molecular weight is 328 g/mol. The first-order valence-electron chi connectivity index (χ1n) is 6.97. The molecule has 1 aliphatic heterocycles. The highest BCUT2D eigenvalue weighted by molar-refractivity contribution is 5.75. The highest BCUT2D eigenvalue weighted by atomic mass is 16.7. The molecule has 1 amide bonds. The van der Waals surface area contributed by atoms with Crippen LogP contribution in [-0.4, -0.2) is 65.1 Å². The molecule has 2 rings (SSSR count). The molecule has 1 saturated heterocycles. The molecule has 23 heavy (non-hydrogen) atoms. The molecule has 9 heteroatoms. The van der Waals surface area contributed by atoms with Gasteiger partial charge in [0.2, 0.25) is 12.2 Å². The van der Waals surface area contributed by atoms with E-state index in [1.807, 2.05) is 0 Å². The second-order valence-corrected chi connectivity index (χ2v) is 5.14. The number of amides is 1. The molecule has 0 saturated carbocycles. The fourth-order valence-electron chi connectivity index (χ4n) is 2.21. The van der Waals surface area contributed by atoms with Gasteiger partial charge in [0.1, 0.15) is 36.8 Å². The van der Waals surface area contributed by atoms with Crippen molar-refractivity contribution in [3.8, 4) is 5.75 Å². The first kappa shape index (κ1) is 17.4. The molecule has 0 aliphatic carbocycles. The van der Waals surface area contributed by atoms with Crippen molar-refractivity contribution in [3.63, 3.8) is 0 Å². The van der Waals surface area contributed by atoms with E-state index in [-0.39, 0.29) is 0 Å². The summed E-state index contributed by atoms with van der Waals surface area (Å²) in [5.41, 5.74) is 11.1. The first-order chi connectivity index (χ1) is 10.9. The minimum atomic E-state index is -1.40. The summed E-state index contributed by atoms with van der Waals surface area (Å²) >= 11 is 0. The molecule has 1 heterocycles. The first-order valence-corrected chi connectivity index (χ1v) is 6.97. The quantitative estimate of drug-likeness (QED) is 0.374. The fourth-order valence-corrected chi connectivity index (χ4v) is 2.21. The van der Waals surface area contributed by atoms with Crippen LogP contribution in [0, 0.1) is 0 Å². The van der Waals surface area contributed by atoms with E-state index in [4.69, 9.17) is 25.7 Å². The summed E-state index contributed by atoms with van der Waals surface area (Å²) < 4.78 is 15.9. The molecular formula is C14H20N2O7. The number of nitrogen functional groups attached to an aromatic ring is 1. The molecule has 1 aliphatic rings. The smallest absolute Gasteiger partial charge is 0.243 e. The SMILES string of the molecule is NC(=O)COC1C(O)C(CO)OC(Oc2ccc(N)cc2)C1O. The van der Waals surface area contributed by atoms with E-state index < -0.39 is 49.8 Å². The Bertz CT molecular complexity index is 524. The number of carbonyl (C=O) groups is 1. The van der Waals surface area contributed by atoms with Crippen LogP contribution < -0.4 is 16.2 Å². The Morgan fingerprint density at radius 3 is 2.43 bits per heavy atom. The summed E-state index contributed by atoms with van der Waals surface area (Å²) in [7, 11) is 0. The predicted octanol–water partition coefficient (Wildman–Crippen LogP) is -2.04. The van der Waals surface area contributed by atoms with Gasteiger partial charge >= 0.3 is 0 Å². The van der Waals surface area contributed by atoms with Crippen LogP contribution >= 0.6 is 0 Å². The van der Waals surface area contributed by atoms with E-state index in [9.17, 15) is 20.1 Å². The van der Waals surface area contributed by atoms with E-state index in [0.717, 1.165) is 0 Å². The molecule has 5 atom stereocenters. The van der Waals surface area contributed by atoms with Crippen molar-refractivity contribution >= 4 is 11.6 Å². The van der Waals surface area contributed by atoms with Crippen molar-refractivity contribution in [2.45, 2.75) is 30.7 Å². The third-order valence-corrected chi connectivity index (χ3v) is 3.37. The molecule has 1 aromatic rings. The number of nitrogens with two attached hydrogens (primary N) is 2. The van der Waals surface area contributed by atoms with Gasteiger partial charge in [-0.15, -0.1) is 0 Å². The number of ether oxygens (including phenoxy) is 3. The summed E-state index contributed by atoms with van der Waals surface area (Å²) in [6.07, 6.45) is -6.20. The summed E-state index contributed by atoms with van der Waals surface area (Å²) in [5, 5.41) is 29.6. The number of hydrogen-bond acceptors (Lipinski definition) is 8. The van der Waals surface area contributed by atoms with Gasteiger partial charge in [-0.05, 0) is 24.3 Å². The minimum absolute atomic E-state index is 0.366. The van der Waals surface area contributed by atoms with Crippen LogP contribution in [0.25, 0.3) is 0 Å². The molecule has 1 fully saturated rings. The van der Waals surface area contributed by atoms with E-state index in [1.165, 1.54) is 0 Å². The summed E-state index contributed by atoms with van der Waals surface area (Å²) in [6, 6.07) is 6.35. The van der Waals surface area contributed by atoms with Crippen LogP contribution in [0.15, 0.2) is 24.3 Å². The zero-order valence-corrected chi connectivity index (χ0v) is 12.2. The monoisotopic (exact) mass is 328 g/mol. The van der Waals surface area contributed by atoms with Gasteiger partial charge < -0.3 is 41.0 Å². The van der Waals surface area contributed by atoms with Gasteiger partial charge in [0, 0.05) is 5.69 Å². The van der Waals surface area contributed by atoms with Crippen LogP contribution in [-0.2, 0) is 14.3 Å². The highest BCUT2D eigenvalue weighted by Crippen LogP contribution is 2.26. The number of rotatable bonds is 6. The maximum Gasteiger partial charge on any atom is 0.243 e. The standard InChI is InChI=1S/C14H20N2O7/c15-7-1-3-8(4-2-7)22-14-12(20)13(21-6-10(16)18)11(19)9(5-17)23-14/h1-4,9,11-14,17,19-20H,5-6,15H2,(H2,16,18). The van der Waals surface area contributed by atoms with Crippen LogP contribution in [0.3, 0.4) is 0 Å². The summed E-state index contributed by atoms with van der Waals surface area (Å²) in [6.45, 7) is -1.02. The Morgan fingerprint density at radius 2 is 1.87 bits per heavy atom. The largest absolute Gasteiger partial charge is 0.462 e. The van der Waals surface area contributed by atoms with Crippen molar-refractivity contribution < 1.29 is 34.3 Å².